The third-order valence-corrected chi connectivity index (χ3v) is 2.84. The SMILES string of the molecule is O=C(/C=C(\c1ccccc1)C(F)(F)F)ON1CCOCC1. The minimum atomic E-state index is -4.63. The Balaban J connectivity index is 2.14. The fourth-order valence-electron chi connectivity index (χ4n) is 1.86. The van der Waals surface area contributed by atoms with Crippen molar-refractivity contribution in [1.29, 1.82) is 0 Å². The molecule has 1 aliphatic heterocycles. The van der Waals surface area contributed by atoms with E-state index in [-0.39, 0.29) is 5.56 Å². The Morgan fingerprint density at radius 1 is 1.19 bits per heavy atom. The molecule has 1 aromatic rings. The van der Waals surface area contributed by atoms with Gasteiger partial charge >= 0.3 is 12.1 Å². The molecule has 114 valence electrons. The van der Waals surface area contributed by atoms with Crippen LogP contribution in [-0.2, 0) is 14.4 Å². The lowest BCUT2D eigenvalue weighted by atomic mass is 10.1. The number of benzene rings is 1. The highest BCUT2D eigenvalue weighted by atomic mass is 19.4. The number of rotatable bonds is 3. The molecule has 4 nitrogen and oxygen atoms in total. The predicted molar refractivity (Wildman–Crippen MR) is 69.0 cm³/mol. The molecule has 0 aromatic heterocycles. The van der Waals surface area contributed by atoms with E-state index in [2.05, 4.69) is 0 Å². The maximum atomic E-state index is 13.0. The second-order valence-corrected chi connectivity index (χ2v) is 4.37. The van der Waals surface area contributed by atoms with E-state index in [0.717, 1.165) is 0 Å². The summed E-state index contributed by atoms with van der Waals surface area (Å²) in [4.78, 5) is 16.5. The van der Waals surface area contributed by atoms with Crippen molar-refractivity contribution in [2.45, 2.75) is 6.18 Å². The van der Waals surface area contributed by atoms with Crippen LogP contribution < -0.4 is 0 Å². The topological polar surface area (TPSA) is 38.8 Å². The van der Waals surface area contributed by atoms with Crippen molar-refractivity contribution in [2.24, 2.45) is 0 Å². The summed E-state index contributed by atoms with van der Waals surface area (Å²) in [7, 11) is 0. The van der Waals surface area contributed by atoms with Gasteiger partial charge in [-0.05, 0) is 5.56 Å². The maximum Gasteiger partial charge on any atom is 0.417 e. The van der Waals surface area contributed by atoms with Gasteiger partial charge in [-0.25, -0.2) is 4.79 Å². The van der Waals surface area contributed by atoms with Crippen LogP contribution in [0.1, 0.15) is 5.56 Å². The molecule has 0 atom stereocenters. The Kier molecular flexibility index (Phi) is 4.98. The Morgan fingerprint density at radius 2 is 1.81 bits per heavy atom. The minimum Gasteiger partial charge on any atom is -0.379 e. The molecule has 0 N–H and O–H groups in total. The van der Waals surface area contributed by atoms with Crippen LogP contribution >= 0.6 is 0 Å². The summed E-state index contributed by atoms with van der Waals surface area (Å²) >= 11 is 0. The van der Waals surface area contributed by atoms with Crippen LogP contribution in [0.15, 0.2) is 36.4 Å². The molecule has 0 unspecified atom stereocenters. The summed E-state index contributed by atoms with van der Waals surface area (Å²) < 4.78 is 44.2. The maximum absolute atomic E-state index is 13.0. The molecule has 0 spiro atoms. The summed E-state index contributed by atoms with van der Waals surface area (Å²) in [6.07, 6.45) is -4.16. The zero-order chi connectivity index (χ0) is 15.3. The first kappa shape index (κ1) is 15.5. The van der Waals surface area contributed by atoms with E-state index in [0.29, 0.717) is 32.4 Å². The molecule has 2 rings (SSSR count). The van der Waals surface area contributed by atoms with Crippen LogP contribution in [0.4, 0.5) is 13.2 Å². The Morgan fingerprint density at radius 3 is 2.38 bits per heavy atom. The first-order chi connectivity index (χ1) is 9.97. The molecule has 0 aliphatic carbocycles. The lowest BCUT2D eigenvalue weighted by Crippen LogP contribution is -2.37. The first-order valence-electron chi connectivity index (χ1n) is 6.36. The van der Waals surface area contributed by atoms with Gasteiger partial charge in [0.2, 0.25) is 0 Å². The van der Waals surface area contributed by atoms with Crippen molar-refractivity contribution < 1.29 is 27.5 Å². The van der Waals surface area contributed by atoms with Crippen LogP contribution in [0.25, 0.3) is 5.57 Å². The lowest BCUT2D eigenvalue weighted by Gasteiger charge is -2.24. The second-order valence-electron chi connectivity index (χ2n) is 4.37. The van der Waals surface area contributed by atoms with E-state index in [1.165, 1.54) is 29.3 Å². The van der Waals surface area contributed by atoms with Crippen molar-refractivity contribution in [2.75, 3.05) is 26.3 Å². The highest BCUT2D eigenvalue weighted by Gasteiger charge is 2.35. The van der Waals surface area contributed by atoms with Gasteiger partial charge in [0, 0.05) is 6.08 Å². The van der Waals surface area contributed by atoms with Gasteiger partial charge in [0.05, 0.1) is 31.9 Å². The first-order valence-corrected chi connectivity index (χ1v) is 6.36. The molecule has 21 heavy (non-hydrogen) atoms. The third kappa shape index (κ3) is 4.57. The van der Waals surface area contributed by atoms with Gasteiger partial charge in [-0.3, -0.25) is 0 Å². The van der Waals surface area contributed by atoms with E-state index in [1.807, 2.05) is 0 Å². The highest BCUT2D eigenvalue weighted by Crippen LogP contribution is 2.33. The molecule has 1 heterocycles. The predicted octanol–water partition coefficient (Wildman–Crippen LogP) is 2.42. The molecule has 1 aromatic carbocycles. The summed E-state index contributed by atoms with van der Waals surface area (Å²) in [6.45, 7) is 1.43. The van der Waals surface area contributed by atoms with Gasteiger partial charge < -0.3 is 9.57 Å². The molecule has 0 amide bonds. The van der Waals surface area contributed by atoms with Crippen LogP contribution in [0.3, 0.4) is 0 Å². The number of halogens is 3. The standard InChI is InChI=1S/C14H14F3NO3/c15-14(16,17)12(11-4-2-1-3-5-11)10-13(19)21-18-6-8-20-9-7-18/h1-5,10H,6-9H2/b12-10+. The lowest BCUT2D eigenvalue weighted by molar-refractivity contribution is -0.199. The molecule has 1 fully saturated rings. The van der Waals surface area contributed by atoms with E-state index in [1.54, 1.807) is 6.07 Å². The van der Waals surface area contributed by atoms with Crippen LogP contribution in [-0.4, -0.2) is 43.5 Å². The van der Waals surface area contributed by atoms with Crippen molar-refractivity contribution >= 4 is 11.5 Å². The number of carbonyl (C=O) groups excluding carboxylic acids is 1. The molecule has 7 heteroatoms. The third-order valence-electron chi connectivity index (χ3n) is 2.84. The molecular formula is C14H14F3NO3. The Labute approximate surface area is 119 Å². The van der Waals surface area contributed by atoms with Gasteiger partial charge in [-0.15, -0.1) is 5.06 Å². The molecule has 1 aliphatic rings. The number of alkyl halides is 3. The Hall–Kier alpha value is -1.86. The van der Waals surface area contributed by atoms with Gasteiger partial charge in [0.1, 0.15) is 0 Å². The van der Waals surface area contributed by atoms with Crippen LogP contribution in [0, 0.1) is 0 Å². The summed E-state index contributed by atoms with van der Waals surface area (Å²) in [5.74, 6) is -1.05. The normalized spacial score (nSPS) is 17.6. The van der Waals surface area contributed by atoms with E-state index in [4.69, 9.17) is 9.57 Å². The smallest absolute Gasteiger partial charge is 0.379 e. The monoisotopic (exact) mass is 301 g/mol. The number of morpholine rings is 1. The molecule has 0 radical (unpaired) electrons. The second kappa shape index (κ2) is 6.73. The fourth-order valence-corrected chi connectivity index (χ4v) is 1.86. The van der Waals surface area contributed by atoms with Crippen LogP contribution in [0.5, 0.6) is 0 Å². The van der Waals surface area contributed by atoms with E-state index in [9.17, 15) is 18.0 Å². The average Bonchev–Trinajstić information content (AvgIpc) is 2.45. The van der Waals surface area contributed by atoms with E-state index < -0.39 is 17.7 Å². The zero-order valence-corrected chi connectivity index (χ0v) is 11.1. The molecule has 1 saturated heterocycles. The number of nitrogens with zero attached hydrogens (tertiary/aromatic N) is 1. The summed E-state index contributed by atoms with van der Waals surface area (Å²) in [5.41, 5.74) is -1.11. The largest absolute Gasteiger partial charge is 0.417 e. The molecule has 0 saturated carbocycles. The quantitative estimate of drug-likeness (QED) is 0.804. The van der Waals surface area contributed by atoms with Gasteiger partial charge in [-0.1, -0.05) is 30.3 Å². The minimum absolute atomic E-state index is 0.0797. The van der Waals surface area contributed by atoms with Crippen molar-refractivity contribution in [3.8, 4) is 0 Å². The highest BCUT2D eigenvalue weighted by molar-refractivity contribution is 5.92. The summed E-state index contributed by atoms with van der Waals surface area (Å²) in [5, 5.41) is 1.29. The van der Waals surface area contributed by atoms with Crippen LogP contribution in [0.2, 0.25) is 0 Å². The molecule has 0 bridgehead atoms. The number of hydrogen-bond acceptors (Lipinski definition) is 4. The van der Waals surface area contributed by atoms with Gasteiger partial charge in [0.25, 0.3) is 0 Å². The van der Waals surface area contributed by atoms with E-state index >= 15 is 0 Å². The zero-order valence-electron chi connectivity index (χ0n) is 11.1. The number of ether oxygens (including phenoxy) is 1. The number of hydroxylamine groups is 2. The Bertz CT molecular complexity index is 508. The number of carbonyl (C=O) groups is 1. The van der Waals surface area contributed by atoms with Crippen molar-refractivity contribution in [1.82, 2.24) is 5.06 Å². The molecular weight excluding hydrogens is 287 g/mol. The van der Waals surface area contributed by atoms with Crippen molar-refractivity contribution in [3.63, 3.8) is 0 Å². The average molecular weight is 301 g/mol. The number of hydrogen-bond donors (Lipinski definition) is 0. The van der Waals surface area contributed by atoms with Gasteiger partial charge in [-0.2, -0.15) is 13.2 Å². The number of allylic oxidation sites excluding steroid dienone is 1. The fraction of sp³-hybridized carbons (Fsp3) is 0.357. The van der Waals surface area contributed by atoms with Crippen molar-refractivity contribution in [3.05, 3.63) is 42.0 Å². The van der Waals surface area contributed by atoms with Gasteiger partial charge in [0.15, 0.2) is 0 Å². The summed E-state index contributed by atoms with van der Waals surface area (Å²) in [6, 6.07) is 7.14.